The van der Waals surface area contributed by atoms with Crippen LogP contribution in [-0.4, -0.2) is 0 Å². The molecule has 0 aromatic heterocycles. The fourth-order valence-corrected chi connectivity index (χ4v) is 5.45. The molecule has 0 spiro atoms. The number of aryl methyl sites for hydroxylation is 2. The first-order valence-corrected chi connectivity index (χ1v) is 10.7. The molecule has 1 saturated carbocycles. The molecule has 25 heavy (non-hydrogen) atoms. The van der Waals surface area contributed by atoms with Gasteiger partial charge < -0.3 is 0 Å². The Morgan fingerprint density at radius 1 is 0.920 bits per heavy atom. The van der Waals surface area contributed by atoms with Gasteiger partial charge in [-0.15, -0.1) is 0 Å². The molecule has 125 valence electrons. The van der Waals surface area contributed by atoms with Gasteiger partial charge in [-0.3, -0.25) is 0 Å². The predicted octanol–water partition coefficient (Wildman–Crippen LogP) is 4.93. The predicted molar refractivity (Wildman–Crippen MR) is 103 cm³/mol. The van der Waals surface area contributed by atoms with Gasteiger partial charge >= 0.3 is 167 Å². The van der Waals surface area contributed by atoms with Gasteiger partial charge in [0.2, 0.25) is 0 Å². The second kappa shape index (κ2) is 7.20. The van der Waals surface area contributed by atoms with Gasteiger partial charge in [0.25, 0.3) is 0 Å². The summed E-state index contributed by atoms with van der Waals surface area (Å²) in [5.41, 5.74) is 6.96. The molecular weight excluding hydrogens is 379 g/mol. The summed E-state index contributed by atoms with van der Waals surface area (Å²) in [6, 6.07) is 13.6. The van der Waals surface area contributed by atoms with Crippen molar-refractivity contribution in [3.8, 4) is 11.1 Å². The number of allylic oxidation sites excluding steroid dienone is 2. The summed E-state index contributed by atoms with van der Waals surface area (Å²) >= 11 is 1.54. The maximum atomic E-state index is 2.58. The van der Waals surface area contributed by atoms with Gasteiger partial charge in [-0.25, -0.2) is 0 Å². The molecule has 0 nitrogen and oxygen atoms in total. The van der Waals surface area contributed by atoms with Gasteiger partial charge in [-0.05, 0) is 0 Å². The molecule has 4 rings (SSSR count). The number of benzene rings is 2. The summed E-state index contributed by atoms with van der Waals surface area (Å²) in [6.07, 6.45) is 12.0. The second-order valence-corrected chi connectivity index (χ2v) is 8.85. The zero-order valence-corrected chi connectivity index (χ0v) is 17.7. The Kier molecular flexibility index (Phi) is 4.96. The van der Waals surface area contributed by atoms with E-state index in [0.717, 1.165) is 5.92 Å². The van der Waals surface area contributed by atoms with Gasteiger partial charge in [0.1, 0.15) is 0 Å². The van der Waals surface area contributed by atoms with E-state index in [1.807, 2.05) is 0 Å². The molecule has 0 amide bonds. The fourth-order valence-electron chi connectivity index (χ4n) is 4.25. The minimum absolute atomic E-state index is 0.785. The van der Waals surface area contributed by atoms with E-state index in [9.17, 15) is 0 Å². The topological polar surface area (TPSA) is 0 Å². The Hall–Kier alpha value is -1.20. The molecule has 0 bridgehead atoms. The van der Waals surface area contributed by atoms with Crippen molar-refractivity contribution in [2.75, 3.05) is 0 Å². The van der Waals surface area contributed by atoms with E-state index >= 15 is 0 Å². The molecule has 2 aromatic carbocycles. The van der Waals surface area contributed by atoms with Crippen LogP contribution >= 0.6 is 0 Å². The molecule has 0 radical (unpaired) electrons. The van der Waals surface area contributed by atoms with Gasteiger partial charge in [-0.1, -0.05) is 0 Å². The molecule has 2 aliphatic rings. The van der Waals surface area contributed by atoms with E-state index in [4.69, 9.17) is 0 Å². The third kappa shape index (κ3) is 3.41. The summed E-state index contributed by atoms with van der Waals surface area (Å²) in [5.74, 6) is 0.785. The summed E-state index contributed by atoms with van der Waals surface area (Å²) < 4.78 is 1.55. The van der Waals surface area contributed by atoms with Crippen LogP contribution in [0.4, 0.5) is 0 Å². The van der Waals surface area contributed by atoms with Crippen molar-refractivity contribution in [3.63, 3.8) is 0 Å². The van der Waals surface area contributed by atoms with Crippen LogP contribution < -0.4 is 10.4 Å². The van der Waals surface area contributed by atoms with E-state index in [-0.39, 0.29) is 0 Å². The summed E-state index contributed by atoms with van der Waals surface area (Å²) in [7, 11) is 0. The minimum atomic E-state index is 0.785. The molecule has 0 saturated heterocycles. The Morgan fingerprint density at radius 3 is 2.36 bits per heavy atom. The summed E-state index contributed by atoms with van der Waals surface area (Å²) in [6.45, 7) is 4.42. The first kappa shape index (κ1) is 17.2. The van der Waals surface area contributed by atoms with Gasteiger partial charge in [-0.2, -0.15) is 0 Å². The van der Waals surface area contributed by atoms with Crippen LogP contribution in [0.2, 0.25) is 0 Å². The third-order valence-corrected chi connectivity index (χ3v) is 7.04. The van der Waals surface area contributed by atoms with Crippen molar-refractivity contribution >= 4 is 9.36 Å². The zero-order valence-electron chi connectivity index (χ0n) is 15.2. The van der Waals surface area contributed by atoms with Crippen molar-refractivity contribution < 1.29 is 24.7 Å². The first-order chi connectivity index (χ1) is 12.1. The third-order valence-electron chi connectivity index (χ3n) is 5.72. The monoisotopic (exact) mass is 403 g/mol. The Morgan fingerprint density at radius 2 is 1.64 bits per heavy atom. The van der Waals surface area contributed by atoms with Gasteiger partial charge in [0.15, 0.2) is 0 Å². The molecule has 0 N–H and O–H groups in total. The van der Waals surface area contributed by atoms with E-state index in [1.165, 1.54) is 95.1 Å². The number of hydrogen-bond donors (Lipinski definition) is 0. The quantitative estimate of drug-likeness (QED) is 0.666. The molecule has 0 unspecified atom stereocenters. The molecule has 1 heteroatoms. The number of fused-ring (bicyclic) bond motifs is 1. The van der Waals surface area contributed by atoms with Crippen molar-refractivity contribution in [2.24, 2.45) is 5.92 Å². The standard InChI is InChI=1S/C24H25.Zr/c1-17-8-11-21(12-9-17)22-13-10-18(2)23-15-20(16-24(22)23)14-19-6-4-3-5-7-19;/h8-14,16,19H,3-7H2,1-2H3;. The van der Waals surface area contributed by atoms with E-state index in [1.54, 1.807) is 3.28 Å². The maximum absolute atomic E-state index is 2.58. The van der Waals surface area contributed by atoms with Crippen LogP contribution in [0.25, 0.3) is 20.5 Å². The molecular formula is C24H25Zr. The average molecular weight is 405 g/mol. The van der Waals surface area contributed by atoms with Crippen molar-refractivity contribution in [2.45, 2.75) is 46.0 Å². The molecule has 0 atom stereocenters. The van der Waals surface area contributed by atoms with Crippen LogP contribution in [-0.2, 0) is 24.7 Å². The van der Waals surface area contributed by atoms with Crippen molar-refractivity contribution in [1.82, 2.24) is 0 Å². The van der Waals surface area contributed by atoms with Crippen LogP contribution in [0.3, 0.4) is 0 Å². The average Bonchev–Trinajstić information content (AvgIpc) is 2.95. The van der Waals surface area contributed by atoms with Crippen molar-refractivity contribution in [3.05, 3.63) is 69.6 Å². The summed E-state index contributed by atoms with van der Waals surface area (Å²) in [5, 5.41) is 2.94. The normalized spacial score (nSPS) is 19.1. The fraction of sp³-hybridized carbons (Fsp3) is 0.333. The summed E-state index contributed by atoms with van der Waals surface area (Å²) in [4.78, 5) is 0. The Labute approximate surface area is 166 Å². The molecule has 0 aliphatic heterocycles. The number of hydrogen-bond acceptors (Lipinski definition) is 0. The second-order valence-electron chi connectivity index (χ2n) is 7.62. The van der Waals surface area contributed by atoms with Gasteiger partial charge in [0, 0.05) is 0 Å². The Balaban J connectivity index is 1.85. The number of rotatable bonds is 2. The van der Waals surface area contributed by atoms with Gasteiger partial charge in [0.05, 0.1) is 0 Å². The van der Waals surface area contributed by atoms with Crippen LogP contribution in [0.1, 0.15) is 43.2 Å². The molecule has 1 fully saturated rings. The van der Waals surface area contributed by atoms with Crippen LogP contribution in [0.15, 0.2) is 48.0 Å². The van der Waals surface area contributed by atoms with E-state index in [0.29, 0.717) is 0 Å². The molecule has 2 aromatic rings. The SMILES string of the molecule is Cc1ccc(-c2ccc(C)c3c2=CC(=CC2CCCCC2)[C]=3[Zr])cc1. The van der Waals surface area contributed by atoms with Crippen molar-refractivity contribution in [1.29, 1.82) is 0 Å². The Bertz CT molecular complexity index is 939. The molecule has 2 aliphatic carbocycles. The van der Waals surface area contributed by atoms with E-state index in [2.05, 4.69) is 62.4 Å². The molecule has 0 heterocycles. The van der Waals surface area contributed by atoms with Crippen LogP contribution in [0, 0.1) is 19.8 Å². The van der Waals surface area contributed by atoms with Crippen LogP contribution in [0.5, 0.6) is 0 Å². The van der Waals surface area contributed by atoms with E-state index < -0.39 is 0 Å². The first-order valence-electron chi connectivity index (χ1n) is 9.50. The zero-order chi connectivity index (χ0) is 17.4.